The molecule has 1 unspecified atom stereocenters. The molecular weight excluding hydrogens is 569 g/mol. The van der Waals surface area contributed by atoms with Crippen molar-refractivity contribution in [3.63, 3.8) is 0 Å². The summed E-state index contributed by atoms with van der Waals surface area (Å²) in [6.07, 6.45) is -10.4. The zero-order chi connectivity index (χ0) is 29.8. The number of likely N-dealkylation sites (tertiary alicyclic amines) is 1. The van der Waals surface area contributed by atoms with E-state index < -0.39 is 54.3 Å². The molecule has 0 aromatic heterocycles. The molecule has 1 fully saturated rings. The van der Waals surface area contributed by atoms with Gasteiger partial charge in [-0.25, -0.2) is 9.18 Å². The molecule has 3 rings (SSSR count). The minimum Gasteiger partial charge on any atom is -0.365 e. The van der Waals surface area contributed by atoms with Crippen molar-refractivity contribution in [1.29, 1.82) is 0 Å². The van der Waals surface area contributed by atoms with E-state index in [9.17, 15) is 40.6 Å². The molecule has 3 atom stereocenters. The van der Waals surface area contributed by atoms with Crippen molar-refractivity contribution in [2.45, 2.75) is 57.1 Å². The minimum absolute atomic E-state index is 0.0346. The normalized spacial score (nSPS) is 19.0. The molecule has 14 heteroatoms. The Morgan fingerprint density at radius 1 is 1.12 bits per heavy atom. The van der Waals surface area contributed by atoms with E-state index in [2.05, 4.69) is 10.6 Å². The van der Waals surface area contributed by atoms with Crippen molar-refractivity contribution in [1.82, 2.24) is 20.4 Å². The van der Waals surface area contributed by atoms with Crippen LogP contribution in [0.25, 0.3) is 0 Å². The molecule has 0 bridgehead atoms. The molecule has 2 amide bonds. The van der Waals surface area contributed by atoms with E-state index >= 15 is 0 Å². The fraction of sp³-hybridized carbons (Fsp3) is 0.500. The van der Waals surface area contributed by atoms with Gasteiger partial charge < -0.3 is 14.9 Å². The number of aryl methyl sites for hydroxylation is 1. The quantitative estimate of drug-likeness (QED) is 0.210. The van der Waals surface area contributed by atoms with Gasteiger partial charge in [0.1, 0.15) is 5.82 Å². The van der Waals surface area contributed by atoms with Crippen LogP contribution in [-0.2, 0) is 18.9 Å². The lowest BCUT2D eigenvalue weighted by Crippen LogP contribution is -2.54. The van der Waals surface area contributed by atoms with E-state index in [4.69, 9.17) is 11.6 Å². The summed E-state index contributed by atoms with van der Waals surface area (Å²) < 4.78 is 93.7. The Balaban J connectivity index is 1.87. The standard InChI is InChI=1S/C26H30ClF7N4O2/c1-15-9-19(28)3-4-21(15)22-13-20(36-23(39)35-7-6-27)5-8-38(22)24(40)37(2)14-16-10-17(25(29,30)31)12-18(11-16)26(32,33)34/h3-4,9-12,20,22-23,35-36,39H,5-8,13-14H2,1-2H3/t20-,22-,23?/m1/s1. The van der Waals surface area contributed by atoms with Gasteiger partial charge in [0.25, 0.3) is 0 Å². The number of aliphatic hydroxyl groups is 1. The second-order valence-corrected chi connectivity index (χ2v) is 10.1. The molecule has 0 saturated carbocycles. The van der Waals surface area contributed by atoms with Crippen molar-refractivity contribution >= 4 is 17.6 Å². The number of hydrogen-bond donors (Lipinski definition) is 3. The van der Waals surface area contributed by atoms with Gasteiger partial charge in [0.15, 0.2) is 6.35 Å². The van der Waals surface area contributed by atoms with E-state index in [1.54, 1.807) is 6.92 Å². The smallest absolute Gasteiger partial charge is 0.365 e. The highest BCUT2D eigenvalue weighted by Gasteiger charge is 2.38. The maximum absolute atomic E-state index is 13.8. The Morgan fingerprint density at radius 2 is 1.75 bits per heavy atom. The lowest BCUT2D eigenvalue weighted by molar-refractivity contribution is -0.143. The van der Waals surface area contributed by atoms with E-state index in [-0.39, 0.29) is 30.1 Å². The van der Waals surface area contributed by atoms with Crippen LogP contribution in [0.3, 0.4) is 0 Å². The highest BCUT2D eigenvalue weighted by atomic mass is 35.5. The topological polar surface area (TPSA) is 67.8 Å². The van der Waals surface area contributed by atoms with Crippen LogP contribution in [0.15, 0.2) is 36.4 Å². The number of amides is 2. The maximum atomic E-state index is 13.8. The summed E-state index contributed by atoms with van der Waals surface area (Å²) in [6, 6.07) is 3.77. The van der Waals surface area contributed by atoms with Crippen molar-refractivity contribution in [3.05, 3.63) is 70.0 Å². The first-order valence-corrected chi connectivity index (χ1v) is 12.9. The summed E-state index contributed by atoms with van der Waals surface area (Å²) in [6.45, 7) is 1.64. The molecule has 222 valence electrons. The number of nitrogens with one attached hydrogen (secondary N) is 2. The third-order valence-corrected chi connectivity index (χ3v) is 6.85. The van der Waals surface area contributed by atoms with Crippen molar-refractivity contribution in [2.75, 3.05) is 26.0 Å². The molecule has 6 nitrogen and oxygen atoms in total. The van der Waals surface area contributed by atoms with E-state index in [1.165, 1.54) is 30.1 Å². The van der Waals surface area contributed by atoms with Crippen LogP contribution < -0.4 is 10.6 Å². The van der Waals surface area contributed by atoms with Gasteiger partial charge in [0, 0.05) is 38.6 Å². The lowest BCUT2D eigenvalue weighted by Gasteiger charge is -2.42. The largest absolute Gasteiger partial charge is 0.416 e. The molecular formula is C26H30ClF7N4O2. The van der Waals surface area contributed by atoms with Crippen LogP contribution in [-0.4, -0.2) is 59.3 Å². The Bertz CT molecular complexity index is 1150. The molecule has 1 aliphatic heterocycles. The first-order valence-electron chi connectivity index (χ1n) is 12.4. The third kappa shape index (κ3) is 8.21. The molecule has 2 aromatic rings. The van der Waals surface area contributed by atoms with Crippen LogP contribution >= 0.6 is 11.6 Å². The molecule has 1 heterocycles. The van der Waals surface area contributed by atoms with E-state index in [0.29, 0.717) is 42.6 Å². The van der Waals surface area contributed by atoms with Gasteiger partial charge in [-0.2, -0.15) is 26.3 Å². The number of rotatable bonds is 8. The second kappa shape index (κ2) is 12.9. The van der Waals surface area contributed by atoms with Gasteiger partial charge in [-0.3, -0.25) is 10.6 Å². The summed E-state index contributed by atoms with van der Waals surface area (Å²) in [5.74, 6) is -0.210. The average Bonchev–Trinajstić information content (AvgIpc) is 2.86. The third-order valence-electron chi connectivity index (χ3n) is 6.66. The number of piperidine rings is 1. The highest BCUT2D eigenvalue weighted by Crippen LogP contribution is 2.37. The number of carbonyl (C=O) groups is 1. The molecule has 1 saturated heterocycles. The second-order valence-electron chi connectivity index (χ2n) is 9.70. The number of urea groups is 1. The van der Waals surface area contributed by atoms with Crippen LogP contribution in [0, 0.1) is 12.7 Å². The molecule has 40 heavy (non-hydrogen) atoms. The molecule has 3 N–H and O–H groups in total. The Kier molecular flexibility index (Phi) is 10.3. The molecule has 0 radical (unpaired) electrons. The zero-order valence-corrected chi connectivity index (χ0v) is 22.5. The molecule has 0 aliphatic carbocycles. The molecule has 0 spiro atoms. The summed E-state index contributed by atoms with van der Waals surface area (Å²) in [7, 11) is 1.29. The Hall–Kier alpha value is -2.61. The number of halogens is 8. The average molecular weight is 599 g/mol. The monoisotopic (exact) mass is 598 g/mol. The Morgan fingerprint density at radius 3 is 2.30 bits per heavy atom. The first-order chi connectivity index (χ1) is 18.6. The van der Waals surface area contributed by atoms with E-state index in [0.717, 1.165) is 4.90 Å². The van der Waals surface area contributed by atoms with Crippen molar-refractivity contribution in [3.8, 4) is 0 Å². The van der Waals surface area contributed by atoms with Gasteiger partial charge in [-0.15, -0.1) is 11.6 Å². The first kappa shape index (κ1) is 31.9. The van der Waals surface area contributed by atoms with Crippen molar-refractivity contribution < 1.29 is 40.6 Å². The van der Waals surface area contributed by atoms with Gasteiger partial charge in [0.05, 0.1) is 17.2 Å². The number of hydrogen-bond acceptors (Lipinski definition) is 4. The predicted molar refractivity (Wildman–Crippen MR) is 135 cm³/mol. The predicted octanol–water partition coefficient (Wildman–Crippen LogP) is 5.62. The van der Waals surface area contributed by atoms with Crippen molar-refractivity contribution in [2.24, 2.45) is 0 Å². The van der Waals surface area contributed by atoms with Gasteiger partial charge in [-0.1, -0.05) is 6.07 Å². The number of benzene rings is 2. The lowest BCUT2D eigenvalue weighted by atomic mass is 9.89. The molecule has 2 aromatic carbocycles. The van der Waals surface area contributed by atoms with Crippen LogP contribution in [0.4, 0.5) is 35.5 Å². The highest BCUT2D eigenvalue weighted by molar-refractivity contribution is 6.18. The number of carbonyl (C=O) groups excluding carboxylic acids is 1. The SMILES string of the molecule is Cc1cc(F)ccc1[C@H]1C[C@H](NC(O)NCCCl)CCN1C(=O)N(C)Cc1cc(C(F)(F)F)cc(C(F)(F)F)c1. The molecule has 1 aliphatic rings. The minimum atomic E-state index is -5.01. The zero-order valence-electron chi connectivity index (χ0n) is 21.7. The number of aliphatic hydroxyl groups excluding tert-OH is 1. The summed E-state index contributed by atoms with van der Waals surface area (Å²) in [4.78, 5) is 16.0. The van der Waals surface area contributed by atoms with Gasteiger partial charge >= 0.3 is 18.4 Å². The van der Waals surface area contributed by atoms with Crippen LogP contribution in [0.2, 0.25) is 0 Å². The summed E-state index contributed by atoms with van der Waals surface area (Å²) in [5, 5.41) is 16.0. The fourth-order valence-corrected chi connectivity index (χ4v) is 4.91. The van der Waals surface area contributed by atoms with Crippen LogP contribution in [0.5, 0.6) is 0 Å². The number of nitrogens with zero attached hydrogens (tertiary/aromatic N) is 2. The van der Waals surface area contributed by atoms with Crippen LogP contribution in [0.1, 0.15) is 46.7 Å². The van der Waals surface area contributed by atoms with E-state index in [1.807, 2.05) is 0 Å². The summed E-state index contributed by atoms with van der Waals surface area (Å²) >= 11 is 5.63. The maximum Gasteiger partial charge on any atom is 0.416 e. The van der Waals surface area contributed by atoms with Gasteiger partial charge in [0.2, 0.25) is 0 Å². The number of alkyl halides is 7. The van der Waals surface area contributed by atoms with Gasteiger partial charge in [-0.05, 0) is 66.8 Å². The summed E-state index contributed by atoms with van der Waals surface area (Å²) in [5.41, 5.74) is -2.09. The fourth-order valence-electron chi connectivity index (χ4n) is 4.80. The Labute approximate surface area is 232 Å².